The summed E-state index contributed by atoms with van der Waals surface area (Å²) in [5, 5.41) is 3.55. The van der Waals surface area contributed by atoms with Crippen LogP contribution in [0.1, 0.15) is 26.7 Å². The molecule has 1 aliphatic rings. The number of carbonyl (C=O) groups excluding carboxylic acids is 1. The van der Waals surface area contributed by atoms with E-state index < -0.39 is 0 Å². The third-order valence-corrected chi connectivity index (χ3v) is 5.26. The lowest BCUT2D eigenvalue weighted by Crippen LogP contribution is -2.35. The van der Waals surface area contributed by atoms with Gasteiger partial charge in [-0.05, 0) is 36.7 Å². The molecule has 0 unspecified atom stereocenters. The van der Waals surface area contributed by atoms with Crippen LogP contribution in [0.5, 0.6) is 0 Å². The number of aromatic amines is 1. The number of benzene rings is 1. The van der Waals surface area contributed by atoms with E-state index in [1.54, 1.807) is 6.07 Å². The highest BCUT2D eigenvalue weighted by molar-refractivity contribution is 7.71. The molecule has 2 aromatic rings. The first-order valence-electron chi connectivity index (χ1n) is 9.07. The van der Waals surface area contributed by atoms with Crippen LogP contribution in [0.4, 0.5) is 0 Å². The van der Waals surface area contributed by atoms with Crippen molar-refractivity contribution in [3.8, 4) is 0 Å². The van der Waals surface area contributed by atoms with Crippen LogP contribution in [0.3, 0.4) is 0 Å². The maximum Gasteiger partial charge on any atom is 0.262 e. The number of hydrogen-bond acceptors (Lipinski definition) is 4. The number of aromatic nitrogens is 2. The molecule has 1 aromatic carbocycles. The zero-order valence-corrected chi connectivity index (χ0v) is 16.0. The van der Waals surface area contributed by atoms with Crippen molar-refractivity contribution in [1.82, 2.24) is 14.9 Å². The topological polar surface area (TPSA) is 76.1 Å². The first-order valence-corrected chi connectivity index (χ1v) is 9.48. The Morgan fingerprint density at radius 2 is 2.19 bits per heavy atom. The smallest absolute Gasteiger partial charge is 0.262 e. The zero-order chi connectivity index (χ0) is 18.7. The van der Waals surface area contributed by atoms with Crippen molar-refractivity contribution in [2.24, 2.45) is 11.8 Å². The van der Waals surface area contributed by atoms with Crippen molar-refractivity contribution >= 4 is 29.0 Å². The summed E-state index contributed by atoms with van der Waals surface area (Å²) in [5.74, 6) is 0.716. The predicted molar refractivity (Wildman–Crippen MR) is 104 cm³/mol. The summed E-state index contributed by atoms with van der Waals surface area (Å²) in [5.41, 5.74) is 0.547. The monoisotopic (exact) mass is 375 g/mol. The number of fused-ring (bicyclic) bond motifs is 1. The molecule has 140 valence electrons. The van der Waals surface area contributed by atoms with Crippen LogP contribution in [-0.4, -0.2) is 34.7 Å². The zero-order valence-electron chi connectivity index (χ0n) is 15.2. The van der Waals surface area contributed by atoms with Crippen LogP contribution < -0.4 is 10.9 Å². The van der Waals surface area contributed by atoms with E-state index in [4.69, 9.17) is 17.0 Å². The van der Waals surface area contributed by atoms with Gasteiger partial charge < -0.3 is 15.0 Å². The molecule has 1 aliphatic heterocycles. The first kappa shape index (κ1) is 18.8. The molecule has 2 N–H and O–H groups in total. The van der Waals surface area contributed by atoms with E-state index in [0.717, 1.165) is 13.0 Å². The number of nitrogens with zero attached hydrogens (tertiary/aromatic N) is 1. The molecule has 1 fully saturated rings. The van der Waals surface area contributed by atoms with Gasteiger partial charge in [0.2, 0.25) is 5.91 Å². The normalized spacial score (nSPS) is 20.0. The minimum Gasteiger partial charge on any atom is -0.378 e. The van der Waals surface area contributed by atoms with Gasteiger partial charge in [0.1, 0.15) is 0 Å². The Hall–Kier alpha value is -1.99. The second-order valence-electron chi connectivity index (χ2n) is 7.11. The van der Waals surface area contributed by atoms with Gasteiger partial charge in [0.05, 0.1) is 17.0 Å². The van der Waals surface area contributed by atoms with Gasteiger partial charge in [-0.1, -0.05) is 26.0 Å². The van der Waals surface area contributed by atoms with E-state index in [2.05, 4.69) is 24.1 Å². The summed E-state index contributed by atoms with van der Waals surface area (Å²) in [7, 11) is 0. The van der Waals surface area contributed by atoms with Crippen molar-refractivity contribution in [2.75, 3.05) is 13.2 Å². The van der Waals surface area contributed by atoms with E-state index in [9.17, 15) is 9.59 Å². The molecule has 3 rings (SSSR count). The molecule has 0 saturated carbocycles. The second-order valence-corrected chi connectivity index (χ2v) is 7.50. The summed E-state index contributed by atoms with van der Waals surface area (Å²) in [6, 6.07) is 7.23. The molecular weight excluding hydrogens is 350 g/mol. The fraction of sp³-hybridized carbons (Fsp3) is 0.526. The lowest BCUT2D eigenvalue weighted by Gasteiger charge is -2.22. The lowest BCUT2D eigenvalue weighted by atomic mass is 9.93. The third kappa shape index (κ3) is 4.04. The lowest BCUT2D eigenvalue weighted by molar-refractivity contribution is -0.121. The Kier molecular flexibility index (Phi) is 5.88. The van der Waals surface area contributed by atoms with Crippen molar-refractivity contribution < 1.29 is 9.53 Å². The van der Waals surface area contributed by atoms with Crippen LogP contribution in [0.15, 0.2) is 29.1 Å². The number of rotatable bonds is 6. The highest BCUT2D eigenvalue weighted by atomic mass is 32.1. The van der Waals surface area contributed by atoms with Crippen molar-refractivity contribution in [2.45, 2.75) is 39.3 Å². The molecule has 1 aromatic heterocycles. The number of hydrogen-bond donors (Lipinski definition) is 2. The molecule has 0 aliphatic carbocycles. The maximum absolute atomic E-state index is 12.6. The molecule has 6 nitrogen and oxygen atoms in total. The fourth-order valence-corrected chi connectivity index (χ4v) is 3.84. The average molecular weight is 375 g/mol. The number of nitrogens with one attached hydrogen (secondary N) is 2. The molecule has 0 spiro atoms. The summed E-state index contributed by atoms with van der Waals surface area (Å²) < 4.78 is 7.54. The molecule has 0 bridgehead atoms. The van der Waals surface area contributed by atoms with Crippen molar-refractivity contribution in [1.29, 1.82) is 0 Å². The Morgan fingerprint density at radius 3 is 2.96 bits per heavy atom. The number of carbonyl (C=O) groups is 1. The van der Waals surface area contributed by atoms with Gasteiger partial charge in [-0.3, -0.25) is 14.2 Å². The van der Waals surface area contributed by atoms with Crippen molar-refractivity contribution in [3.05, 3.63) is 39.4 Å². The van der Waals surface area contributed by atoms with Crippen LogP contribution >= 0.6 is 12.2 Å². The van der Waals surface area contributed by atoms with Gasteiger partial charge in [0.15, 0.2) is 4.77 Å². The SMILES string of the molecule is CC(C)[C@H]1OCC[C@@H]1CNC(=O)CCn1c(=S)[nH]c2ccccc2c1=O. The second kappa shape index (κ2) is 8.14. The van der Waals surface area contributed by atoms with E-state index in [0.29, 0.717) is 34.1 Å². The maximum atomic E-state index is 12.6. The Labute approximate surface area is 157 Å². The largest absolute Gasteiger partial charge is 0.378 e. The van der Waals surface area contributed by atoms with E-state index in [1.807, 2.05) is 18.2 Å². The average Bonchev–Trinajstić information content (AvgIpc) is 3.08. The number of H-pyrrole nitrogens is 1. The third-order valence-electron chi connectivity index (χ3n) is 4.93. The van der Waals surface area contributed by atoms with Gasteiger partial charge in [-0.25, -0.2) is 0 Å². The molecule has 7 heteroatoms. The van der Waals surface area contributed by atoms with Crippen molar-refractivity contribution in [3.63, 3.8) is 0 Å². The molecule has 1 amide bonds. The van der Waals surface area contributed by atoms with Crippen LogP contribution in [0.25, 0.3) is 10.9 Å². The summed E-state index contributed by atoms with van der Waals surface area (Å²) in [6.07, 6.45) is 1.39. The van der Waals surface area contributed by atoms with Gasteiger partial charge >= 0.3 is 0 Å². The Balaban J connectivity index is 1.61. The Morgan fingerprint density at radius 1 is 1.42 bits per heavy atom. The number of amides is 1. The molecule has 1 saturated heterocycles. The van der Waals surface area contributed by atoms with Gasteiger partial charge in [-0.2, -0.15) is 0 Å². The standard InChI is InChI=1S/C19H25N3O3S/c1-12(2)17-13(8-10-25-17)11-20-16(23)7-9-22-18(24)14-5-3-4-6-15(14)21-19(22)26/h3-6,12-13,17H,7-11H2,1-2H3,(H,20,23)(H,21,26)/t13-,17-/m1/s1. The van der Waals surface area contributed by atoms with Crippen LogP contribution in [0.2, 0.25) is 0 Å². The highest BCUT2D eigenvalue weighted by Gasteiger charge is 2.30. The highest BCUT2D eigenvalue weighted by Crippen LogP contribution is 2.26. The van der Waals surface area contributed by atoms with Crippen LogP contribution in [-0.2, 0) is 16.1 Å². The molecular formula is C19H25N3O3S. The van der Waals surface area contributed by atoms with Gasteiger partial charge in [0.25, 0.3) is 5.56 Å². The minimum absolute atomic E-state index is 0.0751. The van der Waals surface area contributed by atoms with E-state index >= 15 is 0 Å². The molecule has 26 heavy (non-hydrogen) atoms. The number of ether oxygens (including phenoxy) is 1. The van der Waals surface area contributed by atoms with E-state index in [1.165, 1.54) is 4.57 Å². The summed E-state index contributed by atoms with van der Waals surface area (Å²) >= 11 is 5.27. The van der Waals surface area contributed by atoms with Gasteiger partial charge in [-0.15, -0.1) is 0 Å². The molecule has 2 heterocycles. The van der Waals surface area contributed by atoms with Crippen LogP contribution in [0, 0.1) is 16.6 Å². The molecule has 0 radical (unpaired) electrons. The molecule has 2 atom stereocenters. The van der Waals surface area contributed by atoms with E-state index in [-0.39, 0.29) is 30.5 Å². The van der Waals surface area contributed by atoms with Gasteiger partial charge in [0, 0.05) is 32.0 Å². The quantitative estimate of drug-likeness (QED) is 0.761. The Bertz CT molecular complexity index is 903. The first-order chi connectivity index (χ1) is 12.5. The summed E-state index contributed by atoms with van der Waals surface area (Å²) in [6.45, 7) is 5.91. The summed E-state index contributed by atoms with van der Waals surface area (Å²) in [4.78, 5) is 27.8. The minimum atomic E-state index is -0.166. The fourth-order valence-electron chi connectivity index (χ4n) is 3.56. The number of para-hydroxylation sites is 1. The predicted octanol–water partition coefficient (Wildman–Crippen LogP) is 2.63.